The molecule has 0 aromatic heterocycles. The number of halogens is 1. The second-order valence-electron chi connectivity index (χ2n) is 2.29. The van der Waals surface area contributed by atoms with Crippen molar-refractivity contribution in [2.45, 2.75) is 32.1 Å². The van der Waals surface area contributed by atoms with E-state index in [1.54, 1.807) is 0 Å². The van der Waals surface area contributed by atoms with Crippen LogP contribution in [0.4, 0.5) is 0 Å². The fraction of sp³-hybridized carbons (Fsp3) is 0.750. The summed E-state index contributed by atoms with van der Waals surface area (Å²) in [5, 5.41) is 8.45. The van der Waals surface area contributed by atoms with Crippen molar-refractivity contribution in [1.29, 1.82) is 0 Å². The van der Waals surface area contributed by atoms with Crippen LogP contribution in [-0.4, -0.2) is 11.7 Å². The lowest BCUT2D eigenvalue weighted by Crippen LogP contribution is -1.82. The number of allylic oxidation sites excluding steroid dienone is 1. The van der Waals surface area contributed by atoms with Crippen LogP contribution in [-0.2, 0) is 0 Å². The predicted octanol–water partition coefficient (Wildman–Crippen LogP) is 2.88. The first-order valence-electron chi connectivity index (χ1n) is 3.78. The Bertz CT molecular complexity index is 81.3. The van der Waals surface area contributed by atoms with E-state index in [1.165, 1.54) is 25.7 Å². The molecule has 0 aliphatic carbocycles. The quantitative estimate of drug-likeness (QED) is 0.570. The SMILES string of the molecule is OCCCCCC/C=C\I. The number of unbranched alkanes of at least 4 members (excludes halogenated alkanes) is 4. The first kappa shape index (κ1) is 10.4. The average Bonchev–Trinajstić information content (AvgIpc) is 1.97. The fourth-order valence-electron chi connectivity index (χ4n) is 0.791. The van der Waals surface area contributed by atoms with Crippen LogP contribution in [0.2, 0.25) is 0 Å². The summed E-state index contributed by atoms with van der Waals surface area (Å²) < 4.78 is 2.06. The van der Waals surface area contributed by atoms with Crippen molar-refractivity contribution >= 4 is 22.6 Å². The second-order valence-corrected chi connectivity index (χ2v) is 3.01. The summed E-state index contributed by atoms with van der Waals surface area (Å²) in [5.74, 6) is 0. The maximum absolute atomic E-state index is 8.45. The van der Waals surface area contributed by atoms with Crippen LogP contribution in [0.25, 0.3) is 0 Å². The summed E-state index contributed by atoms with van der Waals surface area (Å²) in [5.41, 5.74) is 0. The van der Waals surface area contributed by atoms with Crippen molar-refractivity contribution in [1.82, 2.24) is 0 Å². The van der Waals surface area contributed by atoms with Crippen LogP contribution in [0.1, 0.15) is 32.1 Å². The van der Waals surface area contributed by atoms with Gasteiger partial charge in [0.25, 0.3) is 0 Å². The van der Waals surface area contributed by atoms with Crippen molar-refractivity contribution in [3.63, 3.8) is 0 Å². The summed E-state index contributed by atoms with van der Waals surface area (Å²) in [6.07, 6.45) is 8.02. The van der Waals surface area contributed by atoms with Crippen LogP contribution in [0.15, 0.2) is 10.2 Å². The molecule has 0 aromatic carbocycles. The molecular formula is C8H15IO. The van der Waals surface area contributed by atoms with Gasteiger partial charge in [-0.2, -0.15) is 0 Å². The molecule has 0 heterocycles. The zero-order valence-corrected chi connectivity index (χ0v) is 8.38. The fourth-order valence-corrected chi connectivity index (χ4v) is 1.15. The second kappa shape index (κ2) is 9.43. The Morgan fingerprint density at radius 1 is 1.10 bits per heavy atom. The van der Waals surface area contributed by atoms with Gasteiger partial charge in [-0.3, -0.25) is 0 Å². The van der Waals surface area contributed by atoms with Gasteiger partial charge in [-0.25, -0.2) is 0 Å². The molecule has 10 heavy (non-hydrogen) atoms. The van der Waals surface area contributed by atoms with E-state index in [0.717, 1.165) is 6.42 Å². The van der Waals surface area contributed by atoms with Crippen molar-refractivity contribution < 1.29 is 5.11 Å². The van der Waals surface area contributed by atoms with Crippen molar-refractivity contribution in [3.8, 4) is 0 Å². The standard InChI is InChI=1S/C8H15IO/c9-7-5-3-1-2-4-6-8-10/h5,7,10H,1-4,6,8H2/b7-5-. The molecule has 0 aliphatic rings. The molecule has 0 atom stereocenters. The first-order chi connectivity index (χ1) is 4.91. The molecule has 0 saturated heterocycles. The molecule has 0 spiro atoms. The molecule has 0 aromatic rings. The third kappa shape index (κ3) is 8.43. The lowest BCUT2D eigenvalue weighted by molar-refractivity contribution is 0.282. The number of rotatable bonds is 6. The molecule has 1 nitrogen and oxygen atoms in total. The number of hydrogen-bond acceptors (Lipinski definition) is 1. The van der Waals surface area contributed by atoms with E-state index in [9.17, 15) is 0 Å². The molecule has 0 saturated carbocycles. The molecule has 0 bridgehead atoms. The van der Waals surface area contributed by atoms with Gasteiger partial charge in [0, 0.05) is 6.61 Å². The van der Waals surface area contributed by atoms with Crippen LogP contribution < -0.4 is 0 Å². The van der Waals surface area contributed by atoms with Gasteiger partial charge >= 0.3 is 0 Å². The summed E-state index contributed by atoms with van der Waals surface area (Å²) in [7, 11) is 0. The maximum atomic E-state index is 8.45. The van der Waals surface area contributed by atoms with E-state index in [0.29, 0.717) is 6.61 Å². The van der Waals surface area contributed by atoms with Gasteiger partial charge in [-0.1, -0.05) is 41.5 Å². The van der Waals surface area contributed by atoms with E-state index in [4.69, 9.17) is 5.11 Å². The Morgan fingerprint density at radius 2 is 1.80 bits per heavy atom. The van der Waals surface area contributed by atoms with Gasteiger partial charge < -0.3 is 5.11 Å². The predicted molar refractivity (Wildman–Crippen MR) is 53.3 cm³/mol. The Hall–Kier alpha value is 0.430. The monoisotopic (exact) mass is 254 g/mol. The summed E-state index contributed by atoms with van der Waals surface area (Å²) in [4.78, 5) is 0. The molecule has 0 rings (SSSR count). The first-order valence-corrected chi connectivity index (χ1v) is 5.02. The summed E-state index contributed by atoms with van der Waals surface area (Å²) >= 11 is 2.24. The zero-order valence-electron chi connectivity index (χ0n) is 6.22. The third-order valence-electron chi connectivity index (χ3n) is 1.37. The smallest absolute Gasteiger partial charge is 0.0431 e. The van der Waals surface area contributed by atoms with E-state index in [1.807, 2.05) is 0 Å². The van der Waals surface area contributed by atoms with Crippen LogP contribution in [0.3, 0.4) is 0 Å². The lowest BCUT2D eigenvalue weighted by atomic mass is 10.1. The lowest BCUT2D eigenvalue weighted by Gasteiger charge is -1.94. The normalized spacial score (nSPS) is 11.0. The molecular weight excluding hydrogens is 239 g/mol. The molecule has 0 fully saturated rings. The van der Waals surface area contributed by atoms with Gasteiger partial charge in [0.1, 0.15) is 0 Å². The highest BCUT2D eigenvalue weighted by molar-refractivity contribution is 14.1. The van der Waals surface area contributed by atoms with Crippen LogP contribution in [0, 0.1) is 0 Å². The van der Waals surface area contributed by atoms with Crippen LogP contribution in [0.5, 0.6) is 0 Å². The highest BCUT2D eigenvalue weighted by Crippen LogP contribution is 2.03. The molecule has 0 radical (unpaired) electrons. The minimum Gasteiger partial charge on any atom is -0.396 e. The van der Waals surface area contributed by atoms with Gasteiger partial charge in [-0.05, 0) is 23.3 Å². The van der Waals surface area contributed by atoms with Crippen molar-refractivity contribution in [2.75, 3.05) is 6.61 Å². The Kier molecular flexibility index (Phi) is 9.84. The van der Waals surface area contributed by atoms with Gasteiger partial charge in [-0.15, -0.1) is 0 Å². The van der Waals surface area contributed by atoms with E-state index >= 15 is 0 Å². The average molecular weight is 254 g/mol. The topological polar surface area (TPSA) is 20.2 Å². The zero-order chi connectivity index (χ0) is 7.66. The molecule has 2 heteroatoms. The largest absolute Gasteiger partial charge is 0.396 e. The minimum absolute atomic E-state index is 0.349. The number of aliphatic hydroxyl groups excluding tert-OH is 1. The Labute approximate surface area is 76.7 Å². The van der Waals surface area contributed by atoms with Gasteiger partial charge in [0.05, 0.1) is 0 Å². The van der Waals surface area contributed by atoms with Gasteiger partial charge in [0.2, 0.25) is 0 Å². The third-order valence-corrected chi connectivity index (χ3v) is 1.88. The van der Waals surface area contributed by atoms with Crippen LogP contribution >= 0.6 is 22.6 Å². The molecule has 1 N–H and O–H groups in total. The minimum atomic E-state index is 0.349. The molecule has 60 valence electrons. The van der Waals surface area contributed by atoms with Crippen molar-refractivity contribution in [3.05, 3.63) is 10.2 Å². The van der Waals surface area contributed by atoms with Gasteiger partial charge in [0.15, 0.2) is 0 Å². The molecule has 0 amide bonds. The number of hydrogen-bond donors (Lipinski definition) is 1. The van der Waals surface area contributed by atoms with E-state index in [-0.39, 0.29) is 0 Å². The Morgan fingerprint density at radius 3 is 2.40 bits per heavy atom. The van der Waals surface area contributed by atoms with E-state index < -0.39 is 0 Å². The molecule has 0 unspecified atom stereocenters. The highest BCUT2D eigenvalue weighted by atomic mass is 127. The Balaban J connectivity index is 2.77. The van der Waals surface area contributed by atoms with Crippen molar-refractivity contribution in [2.24, 2.45) is 0 Å². The van der Waals surface area contributed by atoms with E-state index in [2.05, 4.69) is 32.7 Å². The molecule has 0 aliphatic heterocycles. The maximum Gasteiger partial charge on any atom is 0.0431 e. The summed E-state index contributed by atoms with van der Waals surface area (Å²) in [6.45, 7) is 0.349. The summed E-state index contributed by atoms with van der Waals surface area (Å²) in [6, 6.07) is 0. The highest BCUT2D eigenvalue weighted by Gasteiger charge is 1.85. The number of aliphatic hydroxyl groups is 1.